The molecule has 2 aromatic carbocycles. The second-order valence-corrected chi connectivity index (χ2v) is 8.89. The first-order chi connectivity index (χ1) is 14.0. The van der Waals surface area contributed by atoms with Crippen LogP contribution in [0.15, 0.2) is 53.3 Å². The molecule has 29 heavy (non-hydrogen) atoms. The molecule has 1 aromatic heterocycles. The molecule has 3 aromatic rings. The van der Waals surface area contributed by atoms with Crippen molar-refractivity contribution in [1.82, 2.24) is 9.55 Å². The molecular formula is C20H21N3O5S. The Morgan fingerprint density at radius 1 is 1.10 bits per heavy atom. The largest absolute Gasteiger partial charge is 0.462 e. The molecule has 0 bridgehead atoms. The van der Waals surface area contributed by atoms with Crippen LogP contribution in [0.25, 0.3) is 11.0 Å². The summed E-state index contributed by atoms with van der Waals surface area (Å²) in [6.45, 7) is 1.06. The monoisotopic (exact) mass is 415 g/mol. The number of aryl methyl sites for hydroxylation is 1. The maximum atomic E-state index is 12.2. The number of H-pyrrole nitrogens is 1. The van der Waals surface area contributed by atoms with Crippen LogP contribution in [0.1, 0.15) is 23.2 Å². The van der Waals surface area contributed by atoms with E-state index in [2.05, 4.69) is 4.98 Å². The SMILES string of the molecule is O=C(OCCCn1c(=O)[nH]c2ccccc21)c1ccc(N2CCCS2(=O)=O)cc1. The number of rotatable bonds is 6. The minimum atomic E-state index is -3.24. The van der Waals surface area contributed by atoms with E-state index in [4.69, 9.17) is 4.74 Å². The molecule has 0 saturated carbocycles. The summed E-state index contributed by atoms with van der Waals surface area (Å²) in [7, 11) is -3.24. The van der Waals surface area contributed by atoms with Crippen molar-refractivity contribution in [3.8, 4) is 0 Å². The predicted octanol–water partition coefficient (Wildman–Crippen LogP) is 2.12. The number of anilines is 1. The first kappa shape index (κ1) is 19.3. The van der Waals surface area contributed by atoms with Crippen molar-refractivity contribution in [2.45, 2.75) is 19.4 Å². The van der Waals surface area contributed by atoms with Crippen LogP contribution in [0.3, 0.4) is 0 Å². The van der Waals surface area contributed by atoms with Gasteiger partial charge in [0.05, 0.1) is 34.6 Å². The fourth-order valence-corrected chi connectivity index (χ4v) is 5.06. The summed E-state index contributed by atoms with van der Waals surface area (Å²) in [5.41, 5.74) is 2.31. The Balaban J connectivity index is 1.33. The van der Waals surface area contributed by atoms with E-state index in [1.54, 1.807) is 28.8 Å². The molecule has 0 aliphatic carbocycles. The molecule has 1 aliphatic rings. The summed E-state index contributed by atoms with van der Waals surface area (Å²) in [6, 6.07) is 13.8. The molecule has 1 saturated heterocycles. The second-order valence-electron chi connectivity index (χ2n) is 6.88. The van der Waals surface area contributed by atoms with Crippen LogP contribution in [0, 0.1) is 0 Å². The molecule has 4 rings (SSSR count). The van der Waals surface area contributed by atoms with Gasteiger partial charge in [-0.3, -0.25) is 8.87 Å². The van der Waals surface area contributed by atoms with Crippen molar-refractivity contribution in [2.75, 3.05) is 23.2 Å². The zero-order valence-electron chi connectivity index (χ0n) is 15.7. The van der Waals surface area contributed by atoms with Crippen LogP contribution in [0.2, 0.25) is 0 Å². The smallest absolute Gasteiger partial charge is 0.338 e. The quantitative estimate of drug-likeness (QED) is 0.491. The lowest BCUT2D eigenvalue weighted by Gasteiger charge is -2.16. The number of benzene rings is 2. The van der Waals surface area contributed by atoms with E-state index in [0.717, 1.165) is 11.0 Å². The summed E-state index contributed by atoms with van der Waals surface area (Å²) < 4.78 is 32.2. The third-order valence-electron chi connectivity index (χ3n) is 4.93. The molecule has 1 aliphatic heterocycles. The number of para-hydroxylation sites is 2. The number of nitrogens with zero attached hydrogens (tertiary/aromatic N) is 2. The third-order valence-corrected chi connectivity index (χ3v) is 6.80. The number of carbonyl (C=O) groups is 1. The Kier molecular flexibility index (Phi) is 5.14. The first-order valence-electron chi connectivity index (χ1n) is 9.41. The van der Waals surface area contributed by atoms with Gasteiger partial charge in [0.15, 0.2) is 0 Å². The molecular weight excluding hydrogens is 394 g/mol. The van der Waals surface area contributed by atoms with E-state index < -0.39 is 16.0 Å². The zero-order chi connectivity index (χ0) is 20.4. The van der Waals surface area contributed by atoms with E-state index in [9.17, 15) is 18.0 Å². The average Bonchev–Trinajstić information content (AvgIpc) is 3.23. The molecule has 1 N–H and O–H groups in total. The number of ether oxygens (including phenoxy) is 1. The van der Waals surface area contributed by atoms with Gasteiger partial charge in [-0.25, -0.2) is 18.0 Å². The van der Waals surface area contributed by atoms with Gasteiger partial charge >= 0.3 is 11.7 Å². The molecule has 0 atom stereocenters. The minimum absolute atomic E-state index is 0.149. The van der Waals surface area contributed by atoms with Crippen molar-refractivity contribution in [1.29, 1.82) is 0 Å². The van der Waals surface area contributed by atoms with Crippen LogP contribution in [-0.4, -0.2) is 42.8 Å². The number of esters is 1. The van der Waals surface area contributed by atoms with Crippen LogP contribution in [-0.2, 0) is 21.3 Å². The fourth-order valence-electron chi connectivity index (χ4n) is 3.49. The van der Waals surface area contributed by atoms with Gasteiger partial charge in [-0.1, -0.05) is 12.1 Å². The van der Waals surface area contributed by atoms with Crippen LogP contribution < -0.4 is 9.99 Å². The Hall–Kier alpha value is -3.07. The highest BCUT2D eigenvalue weighted by atomic mass is 32.2. The van der Waals surface area contributed by atoms with Gasteiger partial charge in [-0.15, -0.1) is 0 Å². The van der Waals surface area contributed by atoms with Gasteiger partial charge in [-0.05, 0) is 49.2 Å². The molecule has 1 fully saturated rings. The number of carbonyl (C=O) groups excluding carboxylic acids is 1. The molecule has 152 valence electrons. The highest BCUT2D eigenvalue weighted by molar-refractivity contribution is 7.93. The lowest BCUT2D eigenvalue weighted by atomic mass is 10.2. The van der Waals surface area contributed by atoms with Crippen molar-refractivity contribution in [2.24, 2.45) is 0 Å². The summed E-state index contributed by atoms with van der Waals surface area (Å²) >= 11 is 0. The van der Waals surface area contributed by atoms with E-state index in [-0.39, 0.29) is 18.0 Å². The third kappa shape index (κ3) is 3.91. The molecule has 9 heteroatoms. The maximum Gasteiger partial charge on any atom is 0.338 e. The van der Waals surface area contributed by atoms with E-state index >= 15 is 0 Å². The van der Waals surface area contributed by atoms with Crippen molar-refractivity contribution >= 4 is 32.7 Å². The van der Waals surface area contributed by atoms with E-state index in [1.807, 2.05) is 24.3 Å². The summed E-state index contributed by atoms with van der Waals surface area (Å²) in [5.74, 6) is -0.330. The molecule has 8 nitrogen and oxygen atoms in total. The van der Waals surface area contributed by atoms with Crippen LogP contribution in [0.4, 0.5) is 5.69 Å². The molecule has 2 heterocycles. The number of imidazole rings is 1. The summed E-state index contributed by atoms with van der Waals surface area (Å²) in [5, 5.41) is 0. The number of aromatic amines is 1. The molecule has 0 unspecified atom stereocenters. The number of hydrogen-bond donors (Lipinski definition) is 1. The summed E-state index contributed by atoms with van der Waals surface area (Å²) in [6.07, 6.45) is 1.10. The highest BCUT2D eigenvalue weighted by Crippen LogP contribution is 2.24. The number of fused-ring (bicyclic) bond motifs is 1. The Labute approximate surface area is 167 Å². The van der Waals surface area contributed by atoms with E-state index in [0.29, 0.717) is 37.2 Å². The van der Waals surface area contributed by atoms with Gasteiger partial charge in [-0.2, -0.15) is 0 Å². The number of sulfonamides is 1. The average molecular weight is 415 g/mol. The van der Waals surface area contributed by atoms with Crippen molar-refractivity contribution in [3.63, 3.8) is 0 Å². The second kappa shape index (κ2) is 7.75. The van der Waals surface area contributed by atoms with Gasteiger partial charge in [0.2, 0.25) is 10.0 Å². The van der Waals surface area contributed by atoms with Gasteiger partial charge in [0.1, 0.15) is 0 Å². The van der Waals surface area contributed by atoms with Gasteiger partial charge < -0.3 is 9.72 Å². The van der Waals surface area contributed by atoms with Gasteiger partial charge in [0.25, 0.3) is 0 Å². The Bertz CT molecular complexity index is 1190. The topological polar surface area (TPSA) is 101 Å². The van der Waals surface area contributed by atoms with Crippen LogP contribution >= 0.6 is 0 Å². The predicted molar refractivity (Wildman–Crippen MR) is 110 cm³/mol. The number of hydrogen-bond acceptors (Lipinski definition) is 5. The maximum absolute atomic E-state index is 12.2. The zero-order valence-corrected chi connectivity index (χ0v) is 16.5. The number of nitrogens with one attached hydrogen (secondary N) is 1. The molecule has 0 amide bonds. The summed E-state index contributed by atoms with van der Waals surface area (Å²) in [4.78, 5) is 27.0. The fraction of sp³-hybridized carbons (Fsp3) is 0.300. The van der Waals surface area contributed by atoms with Crippen molar-refractivity contribution in [3.05, 3.63) is 64.6 Å². The molecule has 0 spiro atoms. The molecule has 0 radical (unpaired) electrons. The Morgan fingerprint density at radius 2 is 1.86 bits per heavy atom. The first-order valence-corrected chi connectivity index (χ1v) is 11.0. The van der Waals surface area contributed by atoms with Crippen molar-refractivity contribution < 1.29 is 17.9 Å². The Morgan fingerprint density at radius 3 is 2.59 bits per heavy atom. The normalized spacial score (nSPS) is 15.7. The lowest BCUT2D eigenvalue weighted by molar-refractivity contribution is 0.0496. The van der Waals surface area contributed by atoms with Crippen LogP contribution in [0.5, 0.6) is 0 Å². The highest BCUT2D eigenvalue weighted by Gasteiger charge is 2.28. The minimum Gasteiger partial charge on any atom is -0.462 e. The lowest BCUT2D eigenvalue weighted by Crippen LogP contribution is -2.25. The number of aromatic nitrogens is 2. The standard InChI is InChI=1S/C20H21N3O5S/c24-19(15-7-9-16(10-8-15)23-12-4-14-29(23,26)27)28-13-3-11-22-18-6-2-1-5-17(18)21-20(22)25/h1-2,5-10H,3-4,11-14H2,(H,21,25). The van der Waals surface area contributed by atoms with Gasteiger partial charge in [0, 0.05) is 13.1 Å². The van der Waals surface area contributed by atoms with E-state index in [1.165, 1.54) is 4.31 Å².